The van der Waals surface area contributed by atoms with Crippen molar-refractivity contribution in [3.05, 3.63) is 18.2 Å². The molecule has 4 nitrogen and oxygen atoms in total. The van der Waals surface area contributed by atoms with Crippen LogP contribution in [0.3, 0.4) is 0 Å². The van der Waals surface area contributed by atoms with Crippen molar-refractivity contribution in [3.63, 3.8) is 0 Å². The Hall–Kier alpha value is 0.421. The van der Waals surface area contributed by atoms with E-state index < -0.39 is 27.4 Å². The van der Waals surface area contributed by atoms with Crippen molar-refractivity contribution in [2.45, 2.75) is 24.8 Å². The van der Waals surface area contributed by atoms with Crippen molar-refractivity contribution >= 4 is 22.5 Å². The normalized spacial score (nSPS) is 12.2. The van der Waals surface area contributed by atoms with Gasteiger partial charge in [-0.15, -0.1) is 5.46 Å². The maximum atomic E-state index is 12.5. The smallest absolute Gasteiger partial charge is 0.490 e. The van der Waals surface area contributed by atoms with Crippen LogP contribution in [0.1, 0.15) is 13.8 Å². The first kappa shape index (κ1) is 19.4. The maximum absolute atomic E-state index is 12.5. The maximum Gasteiger partial charge on any atom is 1.00 e. The summed E-state index contributed by atoms with van der Waals surface area (Å²) in [5.41, 5.74) is -1.03. The third kappa shape index (κ3) is 5.74. The van der Waals surface area contributed by atoms with Gasteiger partial charge in [-0.05, 0) is 19.9 Å². The third-order valence-electron chi connectivity index (χ3n) is 2.01. The zero-order chi connectivity index (χ0) is 14.1. The Labute approximate surface area is 152 Å². The molecule has 10 heteroatoms. The van der Waals surface area contributed by atoms with Gasteiger partial charge in [0.1, 0.15) is 10.6 Å². The number of halogens is 3. The van der Waals surface area contributed by atoms with Gasteiger partial charge < -0.3 is 17.7 Å². The Morgan fingerprint density at radius 2 is 1.79 bits per heavy atom. The third-order valence-corrected chi connectivity index (χ3v) is 2.95. The van der Waals surface area contributed by atoms with Crippen molar-refractivity contribution in [3.8, 4) is 5.75 Å². The Morgan fingerprint density at radius 3 is 2.16 bits per heavy atom. The largest absolute Gasteiger partial charge is 1.00 e. The summed E-state index contributed by atoms with van der Waals surface area (Å²) in [6.45, 7) is -2.05. The van der Waals surface area contributed by atoms with E-state index in [1.807, 2.05) is 0 Å². The SMILES string of the molecule is CC(C)Oc1ccc([B-](F)(F)F)cc1S(N)(=O)=O.[K+]. The topological polar surface area (TPSA) is 69.4 Å². The van der Waals surface area contributed by atoms with Crippen LogP contribution in [0, 0.1) is 0 Å². The van der Waals surface area contributed by atoms with Crippen LogP contribution in [0.2, 0.25) is 0 Å². The van der Waals surface area contributed by atoms with Crippen LogP contribution >= 0.6 is 0 Å². The molecule has 1 rings (SSSR count). The second-order valence-corrected chi connectivity index (χ2v) is 5.52. The summed E-state index contributed by atoms with van der Waals surface area (Å²) in [5.74, 6) is -0.184. The van der Waals surface area contributed by atoms with E-state index in [2.05, 4.69) is 0 Å². The number of hydrogen-bond acceptors (Lipinski definition) is 3. The van der Waals surface area contributed by atoms with Crippen LogP contribution in [0.25, 0.3) is 0 Å². The Bertz CT molecular complexity index is 548. The molecule has 0 aliphatic carbocycles. The van der Waals surface area contributed by atoms with E-state index in [-0.39, 0.29) is 63.2 Å². The first-order valence-electron chi connectivity index (χ1n) is 5.05. The van der Waals surface area contributed by atoms with Crippen LogP contribution in [0.4, 0.5) is 12.9 Å². The predicted molar refractivity (Wildman–Crippen MR) is 62.3 cm³/mol. The summed E-state index contributed by atoms with van der Waals surface area (Å²) in [6.07, 6.45) is -0.382. The molecule has 0 saturated heterocycles. The van der Waals surface area contributed by atoms with Gasteiger partial charge in [0.05, 0.1) is 6.10 Å². The molecule has 0 fully saturated rings. The molecule has 0 heterocycles. The number of rotatable bonds is 4. The second-order valence-electron chi connectivity index (χ2n) is 3.99. The van der Waals surface area contributed by atoms with Crippen molar-refractivity contribution in [1.82, 2.24) is 0 Å². The minimum Gasteiger partial charge on any atom is -0.490 e. The fourth-order valence-electron chi connectivity index (χ4n) is 1.30. The number of nitrogens with two attached hydrogens (primary N) is 1. The summed E-state index contributed by atoms with van der Waals surface area (Å²) in [7, 11) is -4.28. The van der Waals surface area contributed by atoms with Crippen LogP contribution in [0.5, 0.6) is 5.75 Å². The van der Waals surface area contributed by atoms with Gasteiger partial charge in [-0.1, -0.05) is 12.1 Å². The van der Waals surface area contributed by atoms with Gasteiger partial charge >= 0.3 is 58.4 Å². The van der Waals surface area contributed by atoms with E-state index in [0.717, 1.165) is 12.1 Å². The van der Waals surface area contributed by atoms with Gasteiger partial charge in [0.25, 0.3) is 0 Å². The molecule has 1 aromatic rings. The second kappa shape index (κ2) is 6.92. The molecule has 19 heavy (non-hydrogen) atoms. The summed E-state index contributed by atoms with van der Waals surface area (Å²) in [5, 5.41) is 4.88. The van der Waals surface area contributed by atoms with E-state index in [1.165, 1.54) is 0 Å². The molecule has 0 saturated carbocycles. The Kier molecular flexibility index (Phi) is 7.07. The minimum absolute atomic E-state index is 0. The number of primary sulfonamides is 1. The molecule has 2 N–H and O–H groups in total. The Balaban J connectivity index is 0.00000324. The summed E-state index contributed by atoms with van der Waals surface area (Å²) >= 11 is 0. The van der Waals surface area contributed by atoms with Gasteiger partial charge in [-0.2, -0.15) is 0 Å². The molecule has 0 amide bonds. The number of benzene rings is 1. The fraction of sp³-hybridized carbons (Fsp3) is 0.333. The molecule has 0 spiro atoms. The quantitative estimate of drug-likeness (QED) is 0.664. The van der Waals surface area contributed by atoms with E-state index in [0.29, 0.717) is 6.07 Å². The van der Waals surface area contributed by atoms with Gasteiger partial charge in [0.2, 0.25) is 10.0 Å². The average Bonchev–Trinajstić information content (AvgIpc) is 2.13. The van der Waals surface area contributed by atoms with Gasteiger partial charge in [-0.3, -0.25) is 0 Å². The van der Waals surface area contributed by atoms with Crippen LogP contribution in [-0.2, 0) is 10.0 Å². The minimum atomic E-state index is -5.29. The molecule has 1 aromatic carbocycles. The van der Waals surface area contributed by atoms with E-state index in [4.69, 9.17) is 9.88 Å². The Morgan fingerprint density at radius 1 is 1.26 bits per heavy atom. The molecule has 0 aromatic heterocycles. The molecule has 0 unspecified atom stereocenters. The summed E-state index contributed by atoms with van der Waals surface area (Å²) in [6, 6.07) is 2.23. The zero-order valence-electron chi connectivity index (χ0n) is 10.7. The number of sulfonamides is 1. The van der Waals surface area contributed by atoms with E-state index in [1.54, 1.807) is 13.8 Å². The molecule has 0 bridgehead atoms. The number of ether oxygens (including phenoxy) is 1. The van der Waals surface area contributed by atoms with Gasteiger partial charge in [0.15, 0.2) is 0 Å². The van der Waals surface area contributed by atoms with Crippen molar-refractivity contribution < 1.29 is 77.5 Å². The molecule has 102 valence electrons. The molecule has 0 aliphatic heterocycles. The first-order chi connectivity index (χ1) is 8.01. The molecule has 0 radical (unpaired) electrons. The average molecular weight is 321 g/mol. The summed E-state index contributed by atoms with van der Waals surface area (Å²) < 4.78 is 65.2. The van der Waals surface area contributed by atoms with Crippen molar-refractivity contribution in [2.24, 2.45) is 5.14 Å². The van der Waals surface area contributed by atoms with Crippen LogP contribution < -0.4 is 66.7 Å². The van der Waals surface area contributed by atoms with Crippen LogP contribution in [-0.4, -0.2) is 21.5 Å². The molecule has 0 atom stereocenters. The van der Waals surface area contributed by atoms with Crippen molar-refractivity contribution in [1.29, 1.82) is 0 Å². The number of hydrogen-bond donors (Lipinski definition) is 1. The molecular weight excluding hydrogens is 309 g/mol. The standard InChI is InChI=1S/C9H12BF3NO3S.K/c1-6(2)17-8-4-3-7(10(11,12)13)5-9(8)18(14,15)16;/h3-6H,1-2H3,(H2,14,15,16);/q-1;+1. The van der Waals surface area contributed by atoms with Crippen LogP contribution in [0.15, 0.2) is 23.1 Å². The van der Waals surface area contributed by atoms with Crippen molar-refractivity contribution in [2.75, 3.05) is 0 Å². The predicted octanol–water partition coefficient (Wildman–Crippen LogP) is -1.82. The summed E-state index contributed by atoms with van der Waals surface area (Å²) in [4.78, 5) is -0.659. The van der Waals surface area contributed by atoms with E-state index >= 15 is 0 Å². The van der Waals surface area contributed by atoms with Gasteiger partial charge in [-0.25, -0.2) is 13.6 Å². The van der Waals surface area contributed by atoms with E-state index in [9.17, 15) is 21.4 Å². The molecule has 0 aliphatic rings. The molecular formula is C9H12BF3KNO3S. The van der Waals surface area contributed by atoms with Gasteiger partial charge in [0, 0.05) is 0 Å². The zero-order valence-corrected chi connectivity index (χ0v) is 14.7. The first-order valence-corrected chi connectivity index (χ1v) is 6.60. The fourth-order valence-corrected chi connectivity index (χ4v) is 2.00. The monoisotopic (exact) mass is 321 g/mol.